The number of benzene rings is 1. The first-order valence-electron chi connectivity index (χ1n) is 5.77. The summed E-state index contributed by atoms with van der Waals surface area (Å²) in [6.45, 7) is 3.75. The largest absolute Gasteiger partial charge is 0.573 e. The second-order valence-electron chi connectivity index (χ2n) is 3.95. The molecular formula is C13H15F3O2. The molecule has 0 aliphatic heterocycles. The first-order chi connectivity index (χ1) is 8.37. The number of ether oxygens (including phenoxy) is 1. The lowest BCUT2D eigenvalue weighted by molar-refractivity contribution is -0.274. The maximum absolute atomic E-state index is 12.1. The van der Waals surface area contributed by atoms with E-state index in [-0.39, 0.29) is 23.0 Å². The predicted molar refractivity (Wildman–Crippen MR) is 61.5 cm³/mol. The van der Waals surface area contributed by atoms with Crippen LogP contribution in [-0.4, -0.2) is 12.1 Å². The number of ketones is 1. The zero-order valence-corrected chi connectivity index (χ0v) is 10.3. The van der Waals surface area contributed by atoms with E-state index in [0.29, 0.717) is 12.8 Å². The fraction of sp³-hybridized carbons (Fsp3) is 0.462. The summed E-state index contributed by atoms with van der Waals surface area (Å²) in [7, 11) is 0. The van der Waals surface area contributed by atoms with Gasteiger partial charge in [0.05, 0.1) is 0 Å². The van der Waals surface area contributed by atoms with Gasteiger partial charge in [-0.25, -0.2) is 0 Å². The van der Waals surface area contributed by atoms with Gasteiger partial charge in [-0.1, -0.05) is 26.0 Å². The lowest BCUT2D eigenvalue weighted by Gasteiger charge is -2.13. The van der Waals surface area contributed by atoms with Crippen LogP contribution < -0.4 is 4.74 Å². The van der Waals surface area contributed by atoms with Crippen LogP contribution in [0.25, 0.3) is 0 Å². The van der Waals surface area contributed by atoms with E-state index in [1.54, 1.807) is 0 Å². The van der Waals surface area contributed by atoms with Crippen LogP contribution in [0.2, 0.25) is 0 Å². The molecule has 0 atom stereocenters. The van der Waals surface area contributed by atoms with Gasteiger partial charge in [0, 0.05) is 11.5 Å². The fourth-order valence-corrected chi connectivity index (χ4v) is 1.74. The molecule has 0 radical (unpaired) electrons. The summed E-state index contributed by atoms with van der Waals surface area (Å²) in [5.74, 6) is -0.668. The molecule has 0 amide bonds. The van der Waals surface area contributed by atoms with E-state index < -0.39 is 6.36 Å². The first-order valence-corrected chi connectivity index (χ1v) is 5.77. The van der Waals surface area contributed by atoms with Crippen LogP contribution >= 0.6 is 0 Å². The third kappa shape index (κ3) is 4.05. The highest BCUT2D eigenvalue weighted by molar-refractivity contribution is 5.98. The molecule has 0 aliphatic rings. The zero-order valence-electron chi connectivity index (χ0n) is 10.3. The van der Waals surface area contributed by atoms with E-state index in [4.69, 9.17) is 0 Å². The highest BCUT2D eigenvalue weighted by atomic mass is 19.4. The topological polar surface area (TPSA) is 26.3 Å². The van der Waals surface area contributed by atoms with Gasteiger partial charge in [-0.2, -0.15) is 0 Å². The Morgan fingerprint density at radius 3 is 2.39 bits per heavy atom. The Balaban J connectivity index is 2.91. The quantitative estimate of drug-likeness (QED) is 0.741. The van der Waals surface area contributed by atoms with Gasteiger partial charge in [0.15, 0.2) is 5.78 Å². The number of hydrogen-bond donors (Lipinski definition) is 0. The Morgan fingerprint density at radius 2 is 1.89 bits per heavy atom. The van der Waals surface area contributed by atoms with Crippen molar-refractivity contribution >= 4 is 5.78 Å². The molecule has 0 fully saturated rings. The first kappa shape index (κ1) is 14.5. The van der Waals surface area contributed by atoms with Crippen LogP contribution in [0.4, 0.5) is 13.2 Å². The molecule has 0 saturated heterocycles. The lowest BCUT2D eigenvalue weighted by Crippen LogP contribution is -2.18. The number of Topliss-reactive ketones (excluding diaryl/α,β-unsaturated/α-hetero) is 1. The number of rotatable bonds is 5. The van der Waals surface area contributed by atoms with Gasteiger partial charge in [-0.3, -0.25) is 4.79 Å². The van der Waals surface area contributed by atoms with E-state index in [9.17, 15) is 18.0 Å². The van der Waals surface area contributed by atoms with Gasteiger partial charge in [-0.05, 0) is 25.0 Å². The minimum absolute atomic E-state index is 0.146. The molecule has 0 bridgehead atoms. The minimum Gasteiger partial charge on any atom is -0.406 e. The van der Waals surface area contributed by atoms with E-state index in [2.05, 4.69) is 4.74 Å². The molecule has 100 valence electrons. The number of halogens is 3. The van der Waals surface area contributed by atoms with Gasteiger partial charge >= 0.3 is 6.36 Å². The second kappa shape index (κ2) is 5.89. The fourth-order valence-electron chi connectivity index (χ4n) is 1.74. The Bertz CT molecular complexity index is 409. The summed E-state index contributed by atoms with van der Waals surface area (Å²) < 4.78 is 40.0. The van der Waals surface area contributed by atoms with E-state index in [0.717, 1.165) is 6.07 Å². The number of carbonyl (C=O) groups is 1. The van der Waals surface area contributed by atoms with Crippen molar-refractivity contribution in [1.29, 1.82) is 0 Å². The highest BCUT2D eigenvalue weighted by Gasteiger charge is 2.31. The van der Waals surface area contributed by atoms with Crippen LogP contribution in [0.5, 0.6) is 5.75 Å². The summed E-state index contributed by atoms with van der Waals surface area (Å²) in [4.78, 5) is 12.0. The van der Waals surface area contributed by atoms with Crippen LogP contribution in [0.15, 0.2) is 24.3 Å². The Hall–Kier alpha value is -1.52. The normalized spacial score (nSPS) is 11.7. The zero-order chi connectivity index (χ0) is 13.8. The molecule has 1 aromatic carbocycles. The van der Waals surface area contributed by atoms with Crippen molar-refractivity contribution in [1.82, 2.24) is 0 Å². The van der Waals surface area contributed by atoms with Crippen molar-refractivity contribution in [3.63, 3.8) is 0 Å². The number of carbonyl (C=O) groups excluding carboxylic acids is 1. The molecule has 1 aromatic rings. The average Bonchev–Trinajstić information content (AvgIpc) is 2.28. The summed E-state index contributed by atoms with van der Waals surface area (Å²) in [5, 5.41) is 0. The molecule has 0 N–H and O–H groups in total. The molecule has 1 rings (SSSR count). The molecule has 0 saturated carbocycles. The molecule has 0 heterocycles. The summed E-state index contributed by atoms with van der Waals surface area (Å²) >= 11 is 0. The van der Waals surface area contributed by atoms with Crippen molar-refractivity contribution < 1.29 is 22.7 Å². The highest BCUT2D eigenvalue weighted by Crippen LogP contribution is 2.25. The van der Waals surface area contributed by atoms with E-state index in [1.165, 1.54) is 18.2 Å². The molecule has 2 nitrogen and oxygen atoms in total. The predicted octanol–water partition coefficient (Wildman–Crippen LogP) is 4.20. The smallest absolute Gasteiger partial charge is 0.406 e. The summed E-state index contributed by atoms with van der Waals surface area (Å²) in [5.41, 5.74) is 0.255. The summed E-state index contributed by atoms with van der Waals surface area (Å²) in [6.07, 6.45) is -3.41. The molecule has 0 unspecified atom stereocenters. The molecule has 5 heteroatoms. The lowest BCUT2D eigenvalue weighted by atomic mass is 9.93. The van der Waals surface area contributed by atoms with Crippen LogP contribution in [0.3, 0.4) is 0 Å². The summed E-state index contributed by atoms with van der Waals surface area (Å²) in [6, 6.07) is 5.20. The molecule has 0 aliphatic carbocycles. The van der Waals surface area contributed by atoms with Crippen molar-refractivity contribution in [2.24, 2.45) is 5.92 Å². The van der Waals surface area contributed by atoms with Crippen molar-refractivity contribution in [3.05, 3.63) is 29.8 Å². The average molecular weight is 260 g/mol. The number of alkyl halides is 3. The van der Waals surface area contributed by atoms with Crippen molar-refractivity contribution in [2.75, 3.05) is 0 Å². The minimum atomic E-state index is -4.74. The second-order valence-corrected chi connectivity index (χ2v) is 3.95. The third-order valence-electron chi connectivity index (χ3n) is 2.71. The van der Waals surface area contributed by atoms with Crippen LogP contribution in [0, 0.1) is 5.92 Å². The monoisotopic (exact) mass is 260 g/mol. The SMILES string of the molecule is CCC(CC)C(=O)c1cccc(OC(F)(F)F)c1. The van der Waals surface area contributed by atoms with Crippen LogP contribution in [-0.2, 0) is 0 Å². The molecule has 0 spiro atoms. The van der Waals surface area contributed by atoms with Gasteiger partial charge in [-0.15, -0.1) is 13.2 Å². The van der Waals surface area contributed by atoms with Gasteiger partial charge < -0.3 is 4.74 Å². The van der Waals surface area contributed by atoms with E-state index >= 15 is 0 Å². The Morgan fingerprint density at radius 1 is 1.28 bits per heavy atom. The standard InChI is InChI=1S/C13H15F3O2/c1-3-9(4-2)12(17)10-6-5-7-11(8-10)18-13(14,15)16/h5-9H,3-4H2,1-2H3. The van der Waals surface area contributed by atoms with Crippen molar-refractivity contribution in [2.45, 2.75) is 33.1 Å². The van der Waals surface area contributed by atoms with Crippen LogP contribution in [0.1, 0.15) is 37.0 Å². The van der Waals surface area contributed by atoms with E-state index in [1.807, 2.05) is 13.8 Å². The van der Waals surface area contributed by atoms with Crippen molar-refractivity contribution in [3.8, 4) is 5.75 Å². The molecule has 0 aromatic heterocycles. The maximum atomic E-state index is 12.1. The maximum Gasteiger partial charge on any atom is 0.573 e. The van der Waals surface area contributed by atoms with Gasteiger partial charge in [0.2, 0.25) is 0 Å². The Labute approximate surface area is 104 Å². The molecule has 18 heavy (non-hydrogen) atoms. The third-order valence-corrected chi connectivity index (χ3v) is 2.71. The van der Waals surface area contributed by atoms with Gasteiger partial charge in [0.25, 0.3) is 0 Å². The van der Waals surface area contributed by atoms with Gasteiger partial charge in [0.1, 0.15) is 5.75 Å². The number of hydrogen-bond acceptors (Lipinski definition) is 2. The Kier molecular flexibility index (Phi) is 4.76. The molecular weight excluding hydrogens is 245 g/mol.